The van der Waals surface area contributed by atoms with Crippen LogP contribution in [0, 0.1) is 18.6 Å². The fourth-order valence-electron chi connectivity index (χ4n) is 2.14. The maximum absolute atomic E-state index is 13.2. The molecule has 2 aromatic carbocycles. The van der Waals surface area contributed by atoms with Gasteiger partial charge in [0.25, 0.3) is 0 Å². The normalized spacial score (nSPS) is 10.4. The van der Waals surface area contributed by atoms with Crippen molar-refractivity contribution in [1.29, 1.82) is 0 Å². The molecule has 0 atom stereocenters. The first-order chi connectivity index (χ1) is 11.0. The number of hydrogen-bond acceptors (Lipinski definition) is 2. The summed E-state index contributed by atoms with van der Waals surface area (Å²) in [6.45, 7) is 2.17. The lowest BCUT2D eigenvalue weighted by Gasteiger charge is -2.23. The zero-order valence-corrected chi connectivity index (χ0v) is 12.7. The average Bonchev–Trinajstić information content (AvgIpc) is 2.52. The quantitative estimate of drug-likeness (QED) is 0.888. The highest BCUT2D eigenvalue weighted by atomic mass is 19.2. The molecule has 0 bridgehead atoms. The molecule has 0 saturated carbocycles. The lowest BCUT2D eigenvalue weighted by molar-refractivity contribution is 0.185. The number of amides is 2. The summed E-state index contributed by atoms with van der Waals surface area (Å²) in [6, 6.07) is 10.2. The van der Waals surface area contributed by atoms with Crippen LogP contribution < -0.4 is 5.32 Å². The highest BCUT2D eigenvalue weighted by Crippen LogP contribution is 2.15. The van der Waals surface area contributed by atoms with Gasteiger partial charge in [0.15, 0.2) is 11.6 Å². The van der Waals surface area contributed by atoms with Crippen molar-refractivity contribution in [2.45, 2.75) is 13.5 Å². The van der Waals surface area contributed by atoms with Crippen LogP contribution in [0.25, 0.3) is 0 Å². The Labute approximate surface area is 133 Å². The Morgan fingerprint density at radius 3 is 2.57 bits per heavy atom. The van der Waals surface area contributed by atoms with E-state index in [1.807, 2.05) is 31.2 Å². The minimum Gasteiger partial charge on any atom is -0.395 e. The second-order valence-electron chi connectivity index (χ2n) is 5.13. The molecule has 2 rings (SSSR count). The Morgan fingerprint density at radius 1 is 1.17 bits per heavy atom. The Bertz CT molecular complexity index is 692. The van der Waals surface area contributed by atoms with Crippen molar-refractivity contribution in [3.8, 4) is 0 Å². The summed E-state index contributed by atoms with van der Waals surface area (Å²) in [5.41, 5.74) is 2.12. The van der Waals surface area contributed by atoms with Crippen molar-refractivity contribution in [1.82, 2.24) is 4.90 Å². The number of benzene rings is 2. The third kappa shape index (κ3) is 4.50. The number of rotatable bonds is 5. The number of nitrogens with zero attached hydrogens (tertiary/aromatic N) is 1. The molecule has 0 spiro atoms. The molecule has 0 aromatic heterocycles. The van der Waals surface area contributed by atoms with E-state index < -0.39 is 17.7 Å². The van der Waals surface area contributed by atoms with Crippen molar-refractivity contribution in [2.24, 2.45) is 0 Å². The Kier molecular flexibility index (Phi) is 5.65. The molecule has 4 nitrogen and oxygen atoms in total. The molecule has 2 N–H and O–H groups in total. The standard InChI is InChI=1S/C17H18F2N2O2/c1-12-4-2-3-5-13(12)11-21(8-9-22)17(23)20-14-6-7-15(18)16(19)10-14/h2-7,10,22H,8-9,11H2,1H3,(H,20,23). The van der Waals surface area contributed by atoms with Crippen LogP contribution in [-0.4, -0.2) is 29.2 Å². The number of hydrogen-bond donors (Lipinski definition) is 2. The molecule has 23 heavy (non-hydrogen) atoms. The summed E-state index contributed by atoms with van der Waals surface area (Å²) in [6.07, 6.45) is 0. The van der Waals surface area contributed by atoms with Gasteiger partial charge in [-0.15, -0.1) is 0 Å². The molecule has 0 unspecified atom stereocenters. The van der Waals surface area contributed by atoms with Crippen molar-refractivity contribution >= 4 is 11.7 Å². The van der Waals surface area contributed by atoms with Crippen LogP contribution in [0.5, 0.6) is 0 Å². The molecule has 0 aliphatic heterocycles. The van der Waals surface area contributed by atoms with Crippen LogP contribution in [0.2, 0.25) is 0 Å². The number of anilines is 1. The molecule has 122 valence electrons. The second kappa shape index (κ2) is 7.69. The lowest BCUT2D eigenvalue weighted by atomic mass is 10.1. The number of halogens is 2. The van der Waals surface area contributed by atoms with E-state index in [1.165, 1.54) is 11.0 Å². The number of aliphatic hydroxyl groups is 1. The summed E-state index contributed by atoms with van der Waals surface area (Å²) < 4.78 is 26.1. The zero-order chi connectivity index (χ0) is 16.8. The van der Waals surface area contributed by atoms with Gasteiger partial charge in [0.1, 0.15) is 0 Å². The molecule has 0 aliphatic rings. The molecular formula is C17H18F2N2O2. The van der Waals surface area contributed by atoms with Crippen LogP contribution in [0.3, 0.4) is 0 Å². The number of carbonyl (C=O) groups is 1. The maximum atomic E-state index is 13.2. The SMILES string of the molecule is Cc1ccccc1CN(CCO)C(=O)Nc1ccc(F)c(F)c1. The summed E-state index contributed by atoms with van der Waals surface area (Å²) in [4.78, 5) is 13.7. The van der Waals surface area contributed by atoms with Crippen LogP contribution in [0.1, 0.15) is 11.1 Å². The molecule has 0 fully saturated rings. The van der Waals surface area contributed by atoms with Gasteiger partial charge in [-0.2, -0.15) is 0 Å². The highest BCUT2D eigenvalue weighted by Gasteiger charge is 2.15. The first-order valence-corrected chi connectivity index (χ1v) is 7.17. The van der Waals surface area contributed by atoms with Crippen molar-refractivity contribution in [3.63, 3.8) is 0 Å². The van der Waals surface area contributed by atoms with E-state index in [4.69, 9.17) is 5.11 Å². The van der Waals surface area contributed by atoms with Crippen molar-refractivity contribution in [2.75, 3.05) is 18.5 Å². The monoisotopic (exact) mass is 320 g/mol. The van der Waals surface area contributed by atoms with E-state index in [0.29, 0.717) is 6.54 Å². The maximum Gasteiger partial charge on any atom is 0.322 e. The van der Waals surface area contributed by atoms with E-state index in [9.17, 15) is 13.6 Å². The number of urea groups is 1. The predicted molar refractivity (Wildman–Crippen MR) is 84.1 cm³/mol. The Morgan fingerprint density at radius 2 is 1.91 bits per heavy atom. The second-order valence-corrected chi connectivity index (χ2v) is 5.13. The average molecular weight is 320 g/mol. The topological polar surface area (TPSA) is 52.6 Å². The summed E-state index contributed by atoms with van der Waals surface area (Å²) in [7, 11) is 0. The molecule has 0 heterocycles. The van der Waals surface area contributed by atoms with Gasteiger partial charge >= 0.3 is 6.03 Å². The smallest absolute Gasteiger partial charge is 0.322 e. The lowest BCUT2D eigenvalue weighted by Crippen LogP contribution is -2.36. The molecule has 6 heteroatoms. The Balaban J connectivity index is 2.11. The van der Waals surface area contributed by atoms with Crippen molar-refractivity contribution in [3.05, 3.63) is 65.2 Å². The molecule has 2 aromatic rings. The minimum absolute atomic E-state index is 0.129. The summed E-state index contributed by atoms with van der Waals surface area (Å²) >= 11 is 0. The summed E-state index contributed by atoms with van der Waals surface area (Å²) in [5, 5.41) is 11.7. The highest BCUT2D eigenvalue weighted by molar-refractivity contribution is 5.89. The number of carbonyl (C=O) groups excluding carboxylic acids is 1. The Hall–Kier alpha value is -2.47. The van der Waals surface area contributed by atoms with Gasteiger partial charge in [0, 0.05) is 24.8 Å². The van der Waals surface area contributed by atoms with E-state index >= 15 is 0 Å². The molecule has 0 radical (unpaired) electrons. The van der Waals surface area contributed by atoms with Crippen LogP contribution in [0.4, 0.5) is 19.3 Å². The van der Waals surface area contributed by atoms with Crippen LogP contribution >= 0.6 is 0 Å². The first-order valence-electron chi connectivity index (χ1n) is 7.17. The van der Waals surface area contributed by atoms with E-state index in [2.05, 4.69) is 5.32 Å². The van der Waals surface area contributed by atoms with Crippen molar-refractivity contribution < 1.29 is 18.7 Å². The number of aryl methyl sites for hydroxylation is 1. The molecule has 0 aliphatic carbocycles. The first kappa shape index (κ1) is 16.9. The van der Waals surface area contributed by atoms with Gasteiger partial charge in [-0.05, 0) is 30.2 Å². The number of nitrogens with one attached hydrogen (secondary N) is 1. The van der Waals surface area contributed by atoms with Gasteiger partial charge < -0.3 is 15.3 Å². The zero-order valence-electron chi connectivity index (χ0n) is 12.7. The minimum atomic E-state index is -1.03. The number of aliphatic hydroxyl groups excluding tert-OH is 1. The fraction of sp³-hybridized carbons (Fsp3) is 0.235. The van der Waals surface area contributed by atoms with Gasteiger partial charge in [0.2, 0.25) is 0 Å². The van der Waals surface area contributed by atoms with Crippen LogP contribution in [-0.2, 0) is 6.54 Å². The molecule has 2 amide bonds. The van der Waals surface area contributed by atoms with Gasteiger partial charge in [-0.25, -0.2) is 13.6 Å². The molecular weight excluding hydrogens is 302 g/mol. The third-order valence-electron chi connectivity index (χ3n) is 3.45. The van der Waals surface area contributed by atoms with Gasteiger partial charge in [0.05, 0.1) is 6.61 Å². The largest absolute Gasteiger partial charge is 0.395 e. The van der Waals surface area contributed by atoms with Gasteiger partial charge in [-0.1, -0.05) is 24.3 Å². The fourth-order valence-corrected chi connectivity index (χ4v) is 2.14. The van der Waals surface area contributed by atoms with Gasteiger partial charge in [-0.3, -0.25) is 0 Å². The van der Waals surface area contributed by atoms with E-state index in [1.54, 1.807) is 0 Å². The van der Waals surface area contributed by atoms with E-state index in [-0.39, 0.29) is 18.8 Å². The van der Waals surface area contributed by atoms with Crippen LogP contribution in [0.15, 0.2) is 42.5 Å². The predicted octanol–water partition coefficient (Wildman–Crippen LogP) is 3.30. The summed E-state index contributed by atoms with van der Waals surface area (Å²) in [5.74, 6) is -2.01. The molecule has 0 saturated heterocycles. The van der Waals surface area contributed by atoms with E-state index in [0.717, 1.165) is 23.3 Å². The third-order valence-corrected chi connectivity index (χ3v) is 3.45.